The second-order valence-corrected chi connectivity index (χ2v) is 8.46. The molecule has 4 heterocycles. The van der Waals surface area contributed by atoms with E-state index in [1.54, 1.807) is 0 Å². The van der Waals surface area contributed by atoms with Crippen LogP contribution in [0, 0.1) is 11.8 Å². The quantitative estimate of drug-likeness (QED) is 0.384. The van der Waals surface area contributed by atoms with Gasteiger partial charge in [0, 0.05) is 18.2 Å². The lowest BCUT2D eigenvalue weighted by atomic mass is 9.74. The third kappa shape index (κ3) is 4.86. The normalized spacial score (nSPS) is 30.9. The molecule has 4 aliphatic rings. The van der Waals surface area contributed by atoms with Crippen molar-refractivity contribution >= 4 is 40.9 Å². The number of halogens is 1. The van der Waals surface area contributed by atoms with E-state index in [0.717, 1.165) is 38.2 Å². The molecular weight excluding hydrogens is 405 g/mol. The maximum atomic E-state index is 15.7. The molecule has 0 saturated carbocycles. The van der Waals surface area contributed by atoms with Gasteiger partial charge in [-0.15, -0.1) is 11.8 Å². The summed E-state index contributed by atoms with van der Waals surface area (Å²) in [5.74, 6) is -3.80. The highest BCUT2D eigenvalue weighted by Crippen LogP contribution is 2.45. The van der Waals surface area contributed by atoms with Crippen LogP contribution in [0.2, 0.25) is 0 Å². The maximum Gasteiger partial charge on any atom is 0.414 e. The van der Waals surface area contributed by atoms with Gasteiger partial charge >= 0.3 is 11.9 Å². The lowest BCUT2D eigenvalue weighted by Gasteiger charge is -2.48. The fraction of sp³-hybridized carbons (Fsp3) is 0.500. The topological polar surface area (TPSA) is 102 Å². The highest BCUT2D eigenvalue weighted by atomic mass is 32.2. The first-order valence-corrected chi connectivity index (χ1v) is 10.7. The fourth-order valence-corrected chi connectivity index (χ4v) is 5.69. The Kier molecular flexibility index (Phi) is 6.97. The van der Waals surface area contributed by atoms with Crippen molar-refractivity contribution in [2.24, 2.45) is 16.2 Å². The summed E-state index contributed by atoms with van der Waals surface area (Å²) in [6.45, 7) is 3.13. The molecule has 0 amide bonds. The van der Waals surface area contributed by atoms with Gasteiger partial charge < -0.3 is 15.1 Å². The van der Waals surface area contributed by atoms with Crippen molar-refractivity contribution in [3.63, 3.8) is 0 Å². The fourth-order valence-electron chi connectivity index (χ4n) is 3.75. The van der Waals surface area contributed by atoms with Crippen LogP contribution in [0.25, 0.3) is 0 Å². The van der Waals surface area contributed by atoms with Crippen LogP contribution in [0.15, 0.2) is 34.7 Å². The van der Waals surface area contributed by atoms with Crippen molar-refractivity contribution in [3.8, 4) is 0 Å². The molecule has 4 aliphatic heterocycles. The van der Waals surface area contributed by atoms with Gasteiger partial charge in [-0.05, 0) is 37.4 Å². The number of piperidine rings is 3. The molecule has 0 spiro atoms. The van der Waals surface area contributed by atoms with E-state index in [1.165, 1.54) is 29.5 Å². The number of fused-ring (bicyclic) bond motifs is 3. The van der Waals surface area contributed by atoms with Crippen LogP contribution in [0.5, 0.6) is 0 Å². The second kappa shape index (κ2) is 9.25. The summed E-state index contributed by atoms with van der Waals surface area (Å²) in [5.41, 5.74) is 1.21. The van der Waals surface area contributed by atoms with Gasteiger partial charge in [-0.25, -0.2) is 18.7 Å². The highest BCUT2D eigenvalue weighted by Gasteiger charge is 2.53. The van der Waals surface area contributed by atoms with E-state index in [2.05, 4.69) is 26.2 Å². The first kappa shape index (κ1) is 21.1. The summed E-state index contributed by atoms with van der Waals surface area (Å²) in [7, 11) is 0. The Bertz CT molecular complexity index is 732. The molecule has 1 aromatic carbocycles. The summed E-state index contributed by atoms with van der Waals surface area (Å²) in [4.78, 5) is 20.6. The Balaban J connectivity index is 0.000000330. The van der Waals surface area contributed by atoms with Crippen LogP contribution in [-0.2, 0) is 15.3 Å². The summed E-state index contributed by atoms with van der Waals surface area (Å²) in [6, 6.07) is 10.2. The number of carboxylic acids is 2. The first-order chi connectivity index (χ1) is 13.4. The van der Waals surface area contributed by atoms with Crippen molar-refractivity contribution < 1.29 is 24.2 Å². The molecule has 3 saturated heterocycles. The number of hydrogen-bond donors (Lipinski definition) is 3. The van der Waals surface area contributed by atoms with Crippen molar-refractivity contribution in [3.05, 3.63) is 35.9 Å². The van der Waals surface area contributed by atoms with Gasteiger partial charge in [0.25, 0.3) is 0 Å². The predicted molar refractivity (Wildman–Crippen MR) is 108 cm³/mol. The van der Waals surface area contributed by atoms with Crippen LogP contribution in [0.4, 0.5) is 4.39 Å². The van der Waals surface area contributed by atoms with E-state index in [1.807, 2.05) is 18.2 Å². The molecule has 10 heteroatoms. The van der Waals surface area contributed by atoms with Crippen molar-refractivity contribution in [1.29, 1.82) is 0 Å². The molecule has 7 nitrogen and oxygen atoms in total. The zero-order chi connectivity index (χ0) is 20.1. The molecule has 1 aromatic rings. The van der Waals surface area contributed by atoms with Crippen LogP contribution in [-0.4, -0.2) is 57.5 Å². The van der Waals surface area contributed by atoms with Crippen LogP contribution < -0.4 is 4.72 Å². The number of carboxylic acid groups (broad SMARTS) is 2. The number of hydrogen-bond acceptors (Lipinski definition) is 7. The average molecular weight is 428 g/mol. The van der Waals surface area contributed by atoms with Crippen LogP contribution in [0.1, 0.15) is 18.4 Å². The number of carbonyl (C=O) groups is 2. The highest BCUT2D eigenvalue weighted by molar-refractivity contribution is 8.14. The SMILES string of the molecule is FC1(C2CN3CCC2CC3)NSN=C1SCc1ccccc1.O=C(O)C(=O)O. The number of nitrogens with zero attached hydrogens (tertiary/aromatic N) is 2. The van der Waals surface area contributed by atoms with Crippen molar-refractivity contribution in [2.75, 3.05) is 19.6 Å². The maximum absolute atomic E-state index is 15.7. The van der Waals surface area contributed by atoms with Gasteiger partial charge in [0.05, 0.1) is 12.1 Å². The van der Waals surface area contributed by atoms with E-state index >= 15 is 4.39 Å². The van der Waals surface area contributed by atoms with E-state index in [9.17, 15) is 0 Å². The van der Waals surface area contributed by atoms with E-state index in [-0.39, 0.29) is 5.92 Å². The van der Waals surface area contributed by atoms with Gasteiger partial charge in [-0.1, -0.05) is 30.3 Å². The Morgan fingerprint density at radius 1 is 1.25 bits per heavy atom. The Morgan fingerprint density at radius 3 is 2.43 bits per heavy atom. The molecule has 28 heavy (non-hydrogen) atoms. The number of nitrogens with one attached hydrogen (secondary N) is 1. The number of benzene rings is 1. The Labute approximate surface area is 171 Å². The average Bonchev–Trinajstić information content (AvgIpc) is 3.10. The minimum absolute atomic E-state index is 0.0343. The molecule has 2 unspecified atom stereocenters. The van der Waals surface area contributed by atoms with E-state index in [4.69, 9.17) is 19.8 Å². The van der Waals surface area contributed by atoms with Crippen LogP contribution in [0.3, 0.4) is 0 Å². The molecule has 0 aliphatic carbocycles. The van der Waals surface area contributed by atoms with E-state index in [0.29, 0.717) is 11.0 Å². The smallest absolute Gasteiger partial charge is 0.414 e. The molecular formula is C18H22FN3O4S2. The minimum Gasteiger partial charge on any atom is -0.473 e. The lowest BCUT2D eigenvalue weighted by Crippen LogP contribution is -2.59. The summed E-state index contributed by atoms with van der Waals surface area (Å²) in [5, 5.41) is 15.4. The molecule has 3 fully saturated rings. The molecule has 0 radical (unpaired) electrons. The van der Waals surface area contributed by atoms with Gasteiger partial charge in [0.1, 0.15) is 5.04 Å². The zero-order valence-electron chi connectivity index (χ0n) is 15.1. The lowest BCUT2D eigenvalue weighted by molar-refractivity contribution is -0.159. The molecule has 0 aromatic heterocycles. The summed E-state index contributed by atoms with van der Waals surface area (Å²) >= 11 is 2.71. The predicted octanol–water partition coefficient (Wildman–Crippen LogP) is 2.65. The zero-order valence-corrected chi connectivity index (χ0v) is 16.7. The third-order valence-electron chi connectivity index (χ3n) is 5.20. The second-order valence-electron chi connectivity index (χ2n) is 6.93. The summed E-state index contributed by atoms with van der Waals surface area (Å²) in [6.07, 6.45) is 2.25. The third-order valence-corrected chi connectivity index (χ3v) is 7.12. The summed E-state index contributed by atoms with van der Waals surface area (Å²) < 4.78 is 23.0. The molecule has 5 rings (SSSR count). The first-order valence-electron chi connectivity index (χ1n) is 8.96. The van der Waals surface area contributed by atoms with Gasteiger partial charge in [0.15, 0.2) is 0 Å². The standard InChI is InChI=1S/C16H20FN3S2.C2H2O4/c17-16(14-10-20-8-6-13(14)7-9-20)15(18-22-19-16)21-11-12-4-2-1-3-5-12;3-1(4)2(5)6/h1-5,13-14,19H,6-11H2;(H,3,4)(H,5,6). The monoisotopic (exact) mass is 427 g/mol. The minimum atomic E-state index is -1.82. The van der Waals surface area contributed by atoms with E-state index < -0.39 is 17.7 Å². The van der Waals surface area contributed by atoms with Crippen molar-refractivity contribution in [2.45, 2.75) is 24.4 Å². The Morgan fingerprint density at radius 2 is 1.89 bits per heavy atom. The van der Waals surface area contributed by atoms with Crippen LogP contribution >= 0.6 is 23.9 Å². The number of thioether (sulfide) groups is 1. The largest absolute Gasteiger partial charge is 0.473 e. The molecule has 2 atom stereocenters. The van der Waals surface area contributed by atoms with Gasteiger partial charge in [-0.3, -0.25) is 0 Å². The number of alkyl halides is 1. The Hall–Kier alpha value is -1.62. The molecule has 152 valence electrons. The molecule has 3 N–H and O–H groups in total. The van der Waals surface area contributed by atoms with Gasteiger partial charge in [-0.2, -0.15) is 4.40 Å². The molecule has 2 bridgehead atoms. The van der Waals surface area contributed by atoms with Crippen molar-refractivity contribution in [1.82, 2.24) is 9.62 Å². The van der Waals surface area contributed by atoms with Gasteiger partial charge in [0.2, 0.25) is 5.79 Å². The number of aliphatic carboxylic acids is 2. The number of rotatable bonds is 3.